The first-order valence-corrected chi connectivity index (χ1v) is 5.52. The fourth-order valence-electron chi connectivity index (χ4n) is 0.881. The van der Waals surface area contributed by atoms with Gasteiger partial charge in [0.1, 0.15) is 11.5 Å². The van der Waals surface area contributed by atoms with E-state index in [9.17, 15) is 13.6 Å². The number of halogens is 2. The number of furan rings is 1. The summed E-state index contributed by atoms with van der Waals surface area (Å²) < 4.78 is 33.2. The van der Waals surface area contributed by atoms with E-state index < -0.39 is 11.9 Å². The van der Waals surface area contributed by atoms with Crippen LogP contribution < -0.4 is 5.43 Å². The summed E-state index contributed by atoms with van der Waals surface area (Å²) in [5.41, 5.74) is 2.06. The molecular formula is C9H10F2N2O3S. The molecule has 0 aliphatic heterocycles. The molecule has 0 aromatic carbocycles. The van der Waals surface area contributed by atoms with Gasteiger partial charge in [-0.2, -0.15) is 13.9 Å². The van der Waals surface area contributed by atoms with Gasteiger partial charge >= 0.3 is 6.09 Å². The van der Waals surface area contributed by atoms with Gasteiger partial charge in [0.05, 0.1) is 19.1 Å². The lowest BCUT2D eigenvalue weighted by atomic mass is 10.4. The molecule has 1 aromatic rings. The molecule has 0 radical (unpaired) electrons. The van der Waals surface area contributed by atoms with E-state index in [0.717, 1.165) is 0 Å². The van der Waals surface area contributed by atoms with Crippen molar-refractivity contribution in [2.45, 2.75) is 11.5 Å². The van der Waals surface area contributed by atoms with Gasteiger partial charge in [-0.05, 0) is 12.1 Å². The SMILES string of the molecule is COC(=O)N/N=C\c1ccc(CSC(F)F)o1. The highest BCUT2D eigenvalue weighted by Crippen LogP contribution is 2.20. The van der Waals surface area contributed by atoms with E-state index in [0.29, 0.717) is 23.3 Å². The Hall–Kier alpha value is -1.57. The monoisotopic (exact) mass is 264 g/mol. The van der Waals surface area contributed by atoms with E-state index in [1.165, 1.54) is 13.3 Å². The van der Waals surface area contributed by atoms with Gasteiger partial charge in [0.2, 0.25) is 0 Å². The van der Waals surface area contributed by atoms with Crippen LogP contribution in [0.25, 0.3) is 0 Å². The van der Waals surface area contributed by atoms with Crippen LogP contribution >= 0.6 is 11.8 Å². The molecule has 0 unspecified atom stereocenters. The highest BCUT2D eigenvalue weighted by atomic mass is 32.2. The molecule has 1 N–H and O–H groups in total. The molecule has 0 saturated carbocycles. The van der Waals surface area contributed by atoms with E-state index in [1.54, 1.807) is 12.1 Å². The zero-order chi connectivity index (χ0) is 12.7. The molecule has 1 aromatic heterocycles. The molecule has 94 valence electrons. The number of hydrogen-bond donors (Lipinski definition) is 1. The number of amides is 1. The molecule has 0 saturated heterocycles. The maximum absolute atomic E-state index is 11.9. The van der Waals surface area contributed by atoms with Crippen molar-refractivity contribution in [2.75, 3.05) is 7.11 Å². The Morgan fingerprint density at radius 2 is 2.47 bits per heavy atom. The number of hydrazone groups is 1. The second-order valence-corrected chi connectivity index (χ2v) is 3.72. The molecular weight excluding hydrogens is 254 g/mol. The van der Waals surface area contributed by atoms with Crippen molar-refractivity contribution in [3.8, 4) is 0 Å². The van der Waals surface area contributed by atoms with Crippen LogP contribution in [0.2, 0.25) is 0 Å². The topological polar surface area (TPSA) is 63.8 Å². The van der Waals surface area contributed by atoms with Crippen molar-refractivity contribution < 1.29 is 22.7 Å². The lowest BCUT2D eigenvalue weighted by Gasteiger charge is -1.95. The van der Waals surface area contributed by atoms with Gasteiger partial charge in [0, 0.05) is 0 Å². The number of nitrogens with zero attached hydrogens (tertiary/aromatic N) is 1. The van der Waals surface area contributed by atoms with Gasteiger partial charge in [-0.3, -0.25) is 0 Å². The highest BCUT2D eigenvalue weighted by Gasteiger charge is 2.06. The molecule has 5 nitrogen and oxygen atoms in total. The lowest BCUT2D eigenvalue weighted by Crippen LogP contribution is -2.16. The second kappa shape index (κ2) is 6.89. The molecule has 0 atom stereocenters. The molecule has 8 heteroatoms. The summed E-state index contributed by atoms with van der Waals surface area (Å²) in [6.45, 7) is 0. The van der Waals surface area contributed by atoms with E-state index in [1.807, 2.05) is 0 Å². The third kappa shape index (κ3) is 5.34. The number of methoxy groups -OCH3 is 1. The van der Waals surface area contributed by atoms with Crippen molar-refractivity contribution >= 4 is 24.1 Å². The van der Waals surface area contributed by atoms with Crippen LogP contribution in [-0.4, -0.2) is 25.2 Å². The van der Waals surface area contributed by atoms with Gasteiger partial charge < -0.3 is 9.15 Å². The number of hydrogen-bond acceptors (Lipinski definition) is 5. The van der Waals surface area contributed by atoms with Crippen LogP contribution in [-0.2, 0) is 10.5 Å². The fraction of sp³-hybridized carbons (Fsp3) is 0.333. The van der Waals surface area contributed by atoms with Crippen molar-refractivity contribution in [3.63, 3.8) is 0 Å². The predicted octanol–water partition coefficient (Wildman–Crippen LogP) is 2.43. The standard InChI is InChI=1S/C9H10F2N2O3S/c1-15-9(14)13-12-4-6-2-3-7(16-6)5-17-8(10)11/h2-4,8H,5H2,1H3,(H,13,14)/b12-4-. The fourth-order valence-corrected chi connectivity index (χ4v) is 1.33. The minimum absolute atomic E-state index is 0.0793. The summed E-state index contributed by atoms with van der Waals surface area (Å²) in [5.74, 6) is -1.59. The molecule has 17 heavy (non-hydrogen) atoms. The van der Waals surface area contributed by atoms with Crippen LogP contribution in [0.4, 0.5) is 13.6 Å². The number of alkyl halides is 2. The summed E-state index contributed by atoms with van der Waals surface area (Å²) in [4.78, 5) is 10.6. The Bertz CT molecular complexity index is 395. The maximum Gasteiger partial charge on any atom is 0.427 e. The van der Waals surface area contributed by atoms with Gasteiger partial charge in [-0.25, -0.2) is 10.2 Å². The molecule has 1 rings (SSSR count). The van der Waals surface area contributed by atoms with E-state index in [4.69, 9.17) is 4.42 Å². The number of nitrogens with one attached hydrogen (secondary N) is 1. The minimum Gasteiger partial charge on any atom is -0.459 e. The number of rotatable bonds is 5. The quantitative estimate of drug-likeness (QED) is 0.655. The largest absolute Gasteiger partial charge is 0.459 e. The Morgan fingerprint density at radius 1 is 1.71 bits per heavy atom. The first-order chi connectivity index (χ1) is 8.11. The molecule has 0 fully saturated rings. The van der Waals surface area contributed by atoms with E-state index in [-0.39, 0.29) is 5.75 Å². The molecule has 0 aliphatic carbocycles. The average Bonchev–Trinajstić information content (AvgIpc) is 2.74. The predicted molar refractivity (Wildman–Crippen MR) is 59.1 cm³/mol. The van der Waals surface area contributed by atoms with Crippen LogP contribution in [0, 0.1) is 0 Å². The lowest BCUT2D eigenvalue weighted by molar-refractivity contribution is 0.171. The number of carbonyl (C=O) groups excluding carboxylic acids is 1. The van der Waals surface area contributed by atoms with Crippen molar-refractivity contribution in [1.82, 2.24) is 5.43 Å². The molecule has 0 spiro atoms. The first kappa shape index (κ1) is 13.5. The minimum atomic E-state index is -2.43. The summed E-state index contributed by atoms with van der Waals surface area (Å²) in [6, 6.07) is 3.12. The zero-order valence-corrected chi connectivity index (χ0v) is 9.67. The van der Waals surface area contributed by atoms with Crippen LogP contribution in [0.5, 0.6) is 0 Å². The van der Waals surface area contributed by atoms with Crippen LogP contribution in [0.3, 0.4) is 0 Å². The van der Waals surface area contributed by atoms with E-state index in [2.05, 4.69) is 15.3 Å². The van der Waals surface area contributed by atoms with E-state index >= 15 is 0 Å². The Morgan fingerprint density at radius 3 is 3.12 bits per heavy atom. The first-order valence-electron chi connectivity index (χ1n) is 4.47. The normalized spacial score (nSPS) is 11.1. The van der Waals surface area contributed by atoms with Crippen molar-refractivity contribution in [2.24, 2.45) is 5.10 Å². The third-order valence-corrected chi connectivity index (χ3v) is 2.27. The summed E-state index contributed by atoms with van der Waals surface area (Å²) in [7, 11) is 1.21. The third-order valence-electron chi connectivity index (χ3n) is 1.57. The smallest absolute Gasteiger partial charge is 0.427 e. The summed E-state index contributed by atoms with van der Waals surface area (Å²) in [5, 5.41) is 3.52. The van der Waals surface area contributed by atoms with Crippen molar-refractivity contribution in [1.29, 1.82) is 0 Å². The number of thioether (sulfide) groups is 1. The Labute approximate surface area is 100 Å². The Kier molecular flexibility index (Phi) is 5.47. The van der Waals surface area contributed by atoms with Gasteiger partial charge in [0.25, 0.3) is 5.76 Å². The highest BCUT2D eigenvalue weighted by molar-refractivity contribution is 7.98. The number of ether oxygens (including phenoxy) is 1. The van der Waals surface area contributed by atoms with Gasteiger partial charge in [0.15, 0.2) is 0 Å². The number of carbonyl (C=O) groups is 1. The molecule has 0 bridgehead atoms. The van der Waals surface area contributed by atoms with Crippen LogP contribution in [0.1, 0.15) is 11.5 Å². The average molecular weight is 264 g/mol. The van der Waals surface area contributed by atoms with Crippen LogP contribution in [0.15, 0.2) is 21.7 Å². The van der Waals surface area contributed by atoms with Crippen molar-refractivity contribution in [3.05, 3.63) is 23.7 Å². The summed E-state index contributed by atoms with van der Waals surface area (Å²) in [6.07, 6.45) is 0.536. The zero-order valence-electron chi connectivity index (χ0n) is 8.85. The Balaban J connectivity index is 2.42. The second-order valence-electron chi connectivity index (χ2n) is 2.74. The molecule has 1 amide bonds. The maximum atomic E-state index is 11.9. The summed E-state index contributed by atoms with van der Waals surface area (Å²) >= 11 is 0.469. The molecule has 1 heterocycles. The van der Waals surface area contributed by atoms with Gasteiger partial charge in [-0.1, -0.05) is 11.8 Å². The molecule has 0 aliphatic rings. The van der Waals surface area contributed by atoms with Gasteiger partial charge in [-0.15, -0.1) is 0 Å².